The fourth-order valence-electron chi connectivity index (χ4n) is 2.04. The Hall–Kier alpha value is -2.27. The van der Waals surface area contributed by atoms with E-state index in [0.717, 1.165) is 5.56 Å². The summed E-state index contributed by atoms with van der Waals surface area (Å²) in [6.45, 7) is 0. The molecule has 0 saturated heterocycles. The van der Waals surface area contributed by atoms with E-state index in [0.29, 0.717) is 29.3 Å². The number of methoxy groups -OCH3 is 2. The maximum Gasteiger partial charge on any atom is 0.128 e. The Kier molecular flexibility index (Phi) is 4.42. The van der Waals surface area contributed by atoms with Gasteiger partial charge >= 0.3 is 0 Å². The average Bonchev–Trinajstić information content (AvgIpc) is 2.48. The molecular weight excluding hydrogens is 256 g/mol. The maximum atomic E-state index is 10.4. The third-order valence-electron chi connectivity index (χ3n) is 3.14. The smallest absolute Gasteiger partial charge is 0.128 e. The van der Waals surface area contributed by atoms with E-state index in [2.05, 4.69) is 4.98 Å². The summed E-state index contributed by atoms with van der Waals surface area (Å²) < 4.78 is 10.4. The zero-order chi connectivity index (χ0) is 14.5. The first-order chi connectivity index (χ1) is 9.65. The second-order valence-corrected chi connectivity index (χ2v) is 4.38. The highest BCUT2D eigenvalue weighted by Gasteiger charge is 2.16. The van der Waals surface area contributed by atoms with Crippen LogP contribution < -0.4 is 15.2 Å². The van der Waals surface area contributed by atoms with Crippen LogP contribution in [0.15, 0.2) is 36.5 Å². The van der Waals surface area contributed by atoms with E-state index < -0.39 is 6.10 Å². The lowest BCUT2D eigenvalue weighted by molar-refractivity contribution is 0.174. The van der Waals surface area contributed by atoms with Gasteiger partial charge in [0.05, 0.1) is 20.3 Å². The minimum Gasteiger partial charge on any atom is -0.497 e. The van der Waals surface area contributed by atoms with Crippen molar-refractivity contribution in [3.05, 3.63) is 47.7 Å². The number of pyridine rings is 1. The fraction of sp³-hybridized carbons (Fsp3) is 0.267. The van der Waals surface area contributed by atoms with Crippen LogP contribution >= 0.6 is 0 Å². The van der Waals surface area contributed by atoms with E-state index in [-0.39, 0.29) is 0 Å². The fourth-order valence-corrected chi connectivity index (χ4v) is 2.04. The lowest BCUT2D eigenvalue weighted by Crippen LogP contribution is -2.07. The molecule has 5 heteroatoms. The van der Waals surface area contributed by atoms with Crippen molar-refractivity contribution >= 4 is 5.82 Å². The Morgan fingerprint density at radius 3 is 2.70 bits per heavy atom. The molecule has 1 aromatic carbocycles. The normalized spacial score (nSPS) is 11.9. The van der Waals surface area contributed by atoms with Gasteiger partial charge in [0.25, 0.3) is 0 Å². The summed E-state index contributed by atoms with van der Waals surface area (Å²) in [5, 5.41) is 10.4. The second kappa shape index (κ2) is 6.25. The number of hydrogen-bond acceptors (Lipinski definition) is 5. The Morgan fingerprint density at radius 1 is 1.25 bits per heavy atom. The molecule has 2 rings (SSSR count). The molecule has 106 valence electrons. The number of aliphatic hydroxyl groups is 1. The van der Waals surface area contributed by atoms with Crippen molar-refractivity contribution in [3.63, 3.8) is 0 Å². The number of nitrogen functional groups attached to an aromatic ring is 1. The molecule has 0 aliphatic carbocycles. The Balaban J connectivity index is 2.25. The molecule has 0 radical (unpaired) electrons. The summed E-state index contributed by atoms with van der Waals surface area (Å²) in [4.78, 5) is 4.01. The number of nitrogens with two attached hydrogens (primary N) is 1. The van der Waals surface area contributed by atoms with Gasteiger partial charge in [0.1, 0.15) is 17.3 Å². The van der Waals surface area contributed by atoms with E-state index in [4.69, 9.17) is 15.2 Å². The van der Waals surface area contributed by atoms with Gasteiger partial charge in [-0.15, -0.1) is 0 Å². The van der Waals surface area contributed by atoms with Crippen molar-refractivity contribution in [1.29, 1.82) is 0 Å². The summed E-state index contributed by atoms with van der Waals surface area (Å²) in [6, 6.07) is 8.96. The van der Waals surface area contributed by atoms with Crippen molar-refractivity contribution in [1.82, 2.24) is 4.98 Å². The number of ether oxygens (including phenoxy) is 2. The predicted octanol–water partition coefficient (Wildman–Crippen LogP) is 1.96. The van der Waals surface area contributed by atoms with E-state index in [1.807, 2.05) is 6.07 Å². The first-order valence-corrected chi connectivity index (χ1v) is 6.25. The highest BCUT2D eigenvalue weighted by Crippen LogP contribution is 2.31. The Morgan fingerprint density at radius 2 is 2.05 bits per heavy atom. The number of nitrogens with zero attached hydrogens (tertiary/aromatic N) is 1. The molecule has 0 spiro atoms. The van der Waals surface area contributed by atoms with E-state index in [1.54, 1.807) is 44.7 Å². The van der Waals surface area contributed by atoms with Crippen LogP contribution in [0, 0.1) is 0 Å². The number of aromatic nitrogens is 1. The molecule has 0 amide bonds. The third-order valence-corrected chi connectivity index (χ3v) is 3.14. The molecule has 1 heterocycles. The standard InChI is InChI=1S/C15H18N2O3/c1-19-11-5-6-12(14(9-11)20-2)13(18)8-10-4-3-7-17-15(10)16/h3-7,9,13,18H,8H2,1-2H3,(H2,16,17). The summed E-state index contributed by atoms with van der Waals surface area (Å²) in [6.07, 6.45) is 1.28. The topological polar surface area (TPSA) is 77.6 Å². The quantitative estimate of drug-likeness (QED) is 0.871. The van der Waals surface area contributed by atoms with Crippen molar-refractivity contribution in [3.8, 4) is 11.5 Å². The number of anilines is 1. The molecule has 5 nitrogen and oxygen atoms in total. The third kappa shape index (κ3) is 3.00. The van der Waals surface area contributed by atoms with Crippen molar-refractivity contribution in [2.75, 3.05) is 20.0 Å². The van der Waals surface area contributed by atoms with Crippen LogP contribution in [0.5, 0.6) is 11.5 Å². The number of aliphatic hydroxyl groups excluding tert-OH is 1. The van der Waals surface area contributed by atoms with Gasteiger partial charge in [-0.1, -0.05) is 6.07 Å². The van der Waals surface area contributed by atoms with Crippen molar-refractivity contribution in [2.24, 2.45) is 0 Å². The Bertz CT molecular complexity index is 587. The largest absolute Gasteiger partial charge is 0.497 e. The minimum atomic E-state index is -0.720. The highest BCUT2D eigenvalue weighted by molar-refractivity contribution is 5.44. The van der Waals surface area contributed by atoms with Crippen LogP contribution in [0.25, 0.3) is 0 Å². The molecule has 0 saturated carbocycles. The zero-order valence-electron chi connectivity index (χ0n) is 11.5. The molecular formula is C15H18N2O3. The molecule has 0 bridgehead atoms. The summed E-state index contributed by atoms with van der Waals surface area (Å²) in [7, 11) is 3.14. The SMILES string of the molecule is COc1ccc(C(O)Cc2cccnc2N)c(OC)c1. The highest BCUT2D eigenvalue weighted by atomic mass is 16.5. The summed E-state index contributed by atoms with van der Waals surface area (Å²) in [5.41, 5.74) is 7.28. The number of hydrogen-bond donors (Lipinski definition) is 2. The first-order valence-electron chi connectivity index (χ1n) is 6.25. The lowest BCUT2D eigenvalue weighted by atomic mass is 10.0. The van der Waals surface area contributed by atoms with E-state index in [1.165, 1.54) is 0 Å². The van der Waals surface area contributed by atoms with Gasteiger partial charge < -0.3 is 20.3 Å². The average molecular weight is 274 g/mol. The van der Waals surface area contributed by atoms with Gasteiger partial charge in [0.15, 0.2) is 0 Å². The summed E-state index contributed by atoms with van der Waals surface area (Å²) >= 11 is 0. The van der Waals surface area contributed by atoms with Crippen LogP contribution in [0.3, 0.4) is 0 Å². The first kappa shape index (κ1) is 14.1. The zero-order valence-corrected chi connectivity index (χ0v) is 11.5. The van der Waals surface area contributed by atoms with E-state index >= 15 is 0 Å². The minimum absolute atomic E-state index is 0.377. The summed E-state index contributed by atoms with van der Waals surface area (Å²) in [5.74, 6) is 1.69. The van der Waals surface area contributed by atoms with Crippen molar-refractivity contribution < 1.29 is 14.6 Å². The number of benzene rings is 1. The van der Waals surface area contributed by atoms with Gasteiger partial charge in [-0.25, -0.2) is 4.98 Å². The van der Waals surface area contributed by atoms with Crippen LogP contribution in [-0.2, 0) is 6.42 Å². The van der Waals surface area contributed by atoms with Crippen LogP contribution in [-0.4, -0.2) is 24.3 Å². The predicted molar refractivity (Wildman–Crippen MR) is 76.9 cm³/mol. The maximum absolute atomic E-state index is 10.4. The monoisotopic (exact) mass is 274 g/mol. The van der Waals surface area contributed by atoms with Gasteiger partial charge in [-0.05, 0) is 23.8 Å². The van der Waals surface area contributed by atoms with Gasteiger partial charge in [0.2, 0.25) is 0 Å². The van der Waals surface area contributed by atoms with Gasteiger partial charge in [-0.3, -0.25) is 0 Å². The molecule has 1 aromatic heterocycles. The molecule has 1 atom stereocenters. The molecule has 1 unspecified atom stereocenters. The Labute approximate surface area is 118 Å². The molecule has 20 heavy (non-hydrogen) atoms. The molecule has 0 fully saturated rings. The van der Waals surface area contributed by atoms with Gasteiger partial charge in [0, 0.05) is 24.2 Å². The molecule has 2 aromatic rings. The molecule has 0 aliphatic rings. The van der Waals surface area contributed by atoms with Crippen molar-refractivity contribution in [2.45, 2.75) is 12.5 Å². The lowest BCUT2D eigenvalue weighted by Gasteiger charge is -2.16. The van der Waals surface area contributed by atoms with Crippen LogP contribution in [0.2, 0.25) is 0 Å². The van der Waals surface area contributed by atoms with E-state index in [9.17, 15) is 5.11 Å². The molecule has 0 aliphatic heterocycles. The van der Waals surface area contributed by atoms with Crippen LogP contribution in [0.4, 0.5) is 5.82 Å². The number of rotatable bonds is 5. The van der Waals surface area contributed by atoms with Gasteiger partial charge in [-0.2, -0.15) is 0 Å². The molecule has 3 N–H and O–H groups in total. The second-order valence-electron chi connectivity index (χ2n) is 4.38. The van der Waals surface area contributed by atoms with Crippen LogP contribution in [0.1, 0.15) is 17.2 Å².